The fourth-order valence-corrected chi connectivity index (χ4v) is 3.00. The second-order valence-electron chi connectivity index (χ2n) is 6.26. The van der Waals surface area contributed by atoms with Crippen LogP contribution in [0.25, 0.3) is 0 Å². The van der Waals surface area contributed by atoms with E-state index in [2.05, 4.69) is 15.2 Å². The van der Waals surface area contributed by atoms with Crippen molar-refractivity contribution in [3.05, 3.63) is 29.8 Å². The van der Waals surface area contributed by atoms with Crippen molar-refractivity contribution in [2.24, 2.45) is 10.9 Å². The number of likely N-dealkylation sites (tertiary alicyclic amines) is 1. The van der Waals surface area contributed by atoms with E-state index in [0.29, 0.717) is 18.9 Å². The van der Waals surface area contributed by atoms with Crippen LogP contribution in [0.5, 0.6) is 5.75 Å². The molecule has 28 heavy (non-hydrogen) atoms. The van der Waals surface area contributed by atoms with E-state index >= 15 is 0 Å². The molecule has 0 aromatic heterocycles. The molecule has 1 N–H and O–H groups in total. The number of alkyl halides is 2. The topological polar surface area (TPSA) is 63.2 Å². The molecule has 1 aliphatic rings. The maximum Gasteiger partial charge on any atom is 0.309 e. The number of aliphatic imine (C=N–C) groups is 1. The first-order valence-corrected chi connectivity index (χ1v) is 9.15. The molecular formula is C19H28F2IN3O3. The first-order chi connectivity index (χ1) is 13.0. The van der Waals surface area contributed by atoms with Crippen LogP contribution in [0.15, 0.2) is 29.3 Å². The molecule has 0 spiro atoms. The van der Waals surface area contributed by atoms with Crippen LogP contribution in [-0.2, 0) is 16.1 Å². The Bertz CT molecular complexity index is 639. The summed E-state index contributed by atoms with van der Waals surface area (Å²) in [6.07, 6.45) is -1.03. The van der Waals surface area contributed by atoms with Crippen molar-refractivity contribution in [1.29, 1.82) is 0 Å². The zero-order chi connectivity index (χ0) is 19.6. The molecule has 1 aliphatic heterocycles. The van der Waals surface area contributed by atoms with E-state index in [9.17, 15) is 13.6 Å². The number of benzene rings is 1. The normalized spacial score (nSPS) is 15.2. The van der Waals surface area contributed by atoms with Crippen LogP contribution in [0.2, 0.25) is 0 Å². The number of hydrogen-bond acceptors (Lipinski definition) is 4. The van der Waals surface area contributed by atoms with Gasteiger partial charge in [-0.15, -0.1) is 24.0 Å². The molecule has 0 radical (unpaired) electrons. The van der Waals surface area contributed by atoms with Crippen molar-refractivity contribution in [3.63, 3.8) is 0 Å². The van der Waals surface area contributed by atoms with Gasteiger partial charge < -0.3 is 19.7 Å². The summed E-state index contributed by atoms with van der Waals surface area (Å²) in [7, 11) is 1.71. The lowest BCUT2D eigenvalue weighted by Gasteiger charge is -2.33. The molecule has 1 aromatic rings. The predicted molar refractivity (Wildman–Crippen MR) is 114 cm³/mol. The van der Waals surface area contributed by atoms with Gasteiger partial charge in [-0.25, -0.2) is 8.78 Å². The summed E-state index contributed by atoms with van der Waals surface area (Å²) < 4.78 is 34.7. The van der Waals surface area contributed by atoms with Crippen LogP contribution in [-0.4, -0.2) is 56.6 Å². The van der Waals surface area contributed by atoms with Gasteiger partial charge in [0.05, 0.1) is 12.5 Å². The molecule has 1 saturated heterocycles. The molecule has 0 amide bonds. The molecule has 0 saturated carbocycles. The number of rotatable bonds is 7. The summed E-state index contributed by atoms with van der Waals surface area (Å²) in [5.41, 5.74) is 0.907. The molecule has 0 atom stereocenters. The van der Waals surface area contributed by atoms with E-state index in [1.807, 2.05) is 13.0 Å². The van der Waals surface area contributed by atoms with Gasteiger partial charge in [-0.1, -0.05) is 12.1 Å². The van der Waals surface area contributed by atoms with Gasteiger partial charge in [0.2, 0.25) is 0 Å². The zero-order valence-electron chi connectivity index (χ0n) is 16.2. The fraction of sp³-hybridized carbons (Fsp3) is 0.579. The van der Waals surface area contributed by atoms with Crippen LogP contribution in [0.1, 0.15) is 25.3 Å². The highest BCUT2D eigenvalue weighted by molar-refractivity contribution is 14.0. The van der Waals surface area contributed by atoms with Crippen LogP contribution in [0, 0.1) is 5.92 Å². The first kappa shape index (κ1) is 24.4. The number of guanidine groups is 1. The standard InChI is InChI=1S/C19H27F2N3O3.HI/c1-3-26-18(25)15-7-9-24(10-8-15)19(22-2)23-12-14-5-4-6-16(11-14)27-13-17(20)21;/h4-6,11,15,17H,3,7-10,12-13H2,1-2H3,(H,22,23);1H. The van der Waals surface area contributed by atoms with E-state index in [-0.39, 0.29) is 35.9 Å². The van der Waals surface area contributed by atoms with E-state index < -0.39 is 13.0 Å². The monoisotopic (exact) mass is 511 g/mol. The minimum absolute atomic E-state index is 0. The van der Waals surface area contributed by atoms with Gasteiger partial charge in [-0.3, -0.25) is 9.79 Å². The van der Waals surface area contributed by atoms with Gasteiger partial charge in [0.15, 0.2) is 5.96 Å². The predicted octanol–water partition coefficient (Wildman–Crippen LogP) is 3.30. The Morgan fingerprint density at radius 3 is 2.68 bits per heavy atom. The van der Waals surface area contributed by atoms with Gasteiger partial charge in [-0.2, -0.15) is 0 Å². The van der Waals surface area contributed by atoms with Crippen molar-refractivity contribution in [1.82, 2.24) is 10.2 Å². The molecule has 0 aliphatic carbocycles. The molecule has 1 fully saturated rings. The number of halogens is 3. The van der Waals surface area contributed by atoms with Gasteiger partial charge >= 0.3 is 5.97 Å². The number of ether oxygens (including phenoxy) is 2. The Morgan fingerprint density at radius 1 is 1.36 bits per heavy atom. The summed E-state index contributed by atoms with van der Waals surface area (Å²) in [6, 6.07) is 7.05. The minimum Gasteiger partial charge on any atom is -0.488 e. The second-order valence-corrected chi connectivity index (χ2v) is 6.26. The van der Waals surface area contributed by atoms with E-state index in [1.54, 1.807) is 25.2 Å². The SMILES string of the molecule is CCOC(=O)C1CCN(C(=NC)NCc2cccc(OCC(F)F)c2)CC1.I. The van der Waals surface area contributed by atoms with Crippen molar-refractivity contribution < 1.29 is 23.0 Å². The lowest BCUT2D eigenvalue weighted by molar-refractivity contribution is -0.149. The largest absolute Gasteiger partial charge is 0.488 e. The third-order valence-corrected chi connectivity index (χ3v) is 4.35. The van der Waals surface area contributed by atoms with E-state index in [1.165, 1.54) is 0 Å². The second kappa shape index (κ2) is 12.7. The molecule has 1 heterocycles. The number of carbonyl (C=O) groups is 1. The minimum atomic E-state index is -2.50. The summed E-state index contributed by atoms with van der Waals surface area (Å²) in [5.74, 6) is 0.986. The third-order valence-electron chi connectivity index (χ3n) is 4.35. The number of nitrogens with one attached hydrogen (secondary N) is 1. The number of piperidine rings is 1. The van der Waals surface area contributed by atoms with Crippen molar-refractivity contribution >= 4 is 35.9 Å². The Morgan fingerprint density at radius 2 is 2.07 bits per heavy atom. The average molecular weight is 511 g/mol. The number of carbonyl (C=O) groups excluding carboxylic acids is 1. The quantitative estimate of drug-likeness (QED) is 0.264. The highest BCUT2D eigenvalue weighted by atomic mass is 127. The van der Waals surface area contributed by atoms with Crippen molar-refractivity contribution in [2.45, 2.75) is 32.7 Å². The van der Waals surface area contributed by atoms with Gasteiger partial charge in [0, 0.05) is 26.7 Å². The Kier molecular flexibility index (Phi) is 11.1. The molecule has 1 aromatic carbocycles. The maximum atomic E-state index is 12.3. The van der Waals surface area contributed by atoms with Crippen molar-refractivity contribution in [3.8, 4) is 5.75 Å². The lowest BCUT2D eigenvalue weighted by atomic mass is 9.97. The summed E-state index contributed by atoms with van der Waals surface area (Å²) in [6.45, 7) is 3.54. The Balaban J connectivity index is 0.00000392. The third kappa shape index (κ3) is 7.76. The van der Waals surface area contributed by atoms with Crippen LogP contribution in [0.4, 0.5) is 8.78 Å². The summed E-state index contributed by atoms with van der Waals surface area (Å²) >= 11 is 0. The molecule has 6 nitrogen and oxygen atoms in total. The van der Waals surface area contributed by atoms with E-state index in [0.717, 1.165) is 37.5 Å². The fourth-order valence-electron chi connectivity index (χ4n) is 3.00. The highest BCUT2D eigenvalue weighted by Gasteiger charge is 2.27. The Labute approximate surface area is 181 Å². The van der Waals surface area contributed by atoms with Gasteiger partial charge in [0.25, 0.3) is 6.43 Å². The number of nitrogens with zero attached hydrogens (tertiary/aromatic N) is 2. The van der Waals surface area contributed by atoms with Crippen LogP contribution in [0.3, 0.4) is 0 Å². The molecule has 158 valence electrons. The summed E-state index contributed by atoms with van der Waals surface area (Å²) in [5, 5.41) is 3.27. The maximum absolute atomic E-state index is 12.3. The molecule has 0 bridgehead atoms. The summed E-state index contributed by atoms with van der Waals surface area (Å²) in [4.78, 5) is 18.2. The molecule has 9 heteroatoms. The highest BCUT2D eigenvalue weighted by Crippen LogP contribution is 2.19. The van der Waals surface area contributed by atoms with Crippen LogP contribution >= 0.6 is 24.0 Å². The number of hydrogen-bond donors (Lipinski definition) is 1. The van der Waals surface area contributed by atoms with Crippen LogP contribution < -0.4 is 10.1 Å². The zero-order valence-corrected chi connectivity index (χ0v) is 18.5. The molecule has 2 rings (SSSR count). The molecule has 0 unspecified atom stereocenters. The smallest absolute Gasteiger partial charge is 0.309 e. The Hall–Kier alpha value is -1.65. The van der Waals surface area contributed by atoms with Gasteiger partial charge in [0.1, 0.15) is 12.4 Å². The van der Waals surface area contributed by atoms with Crippen molar-refractivity contribution in [2.75, 3.05) is 33.4 Å². The number of esters is 1. The lowest BCUT2D eigenvalue weighted by Crippen LogP contribution is -2.46. The molecular weight excluding hydrogens is 483 g/mol. The van der Waals surface area contributed by atoms with E-state index in [4.69, 9.17) is 9.47 Å². The first-order valence-electron chi connectivity index (χ1n) is 9.15. The van der Waals surface area contributed by atoms with Gasteiger partial charge in [-0.05, 0) is 37.5 Å². The average Bonchev–Trinajstić information content (AvgIpc) is 2.68.